The van der Waals surface area contributed by atoms with Gasteiger partial charge in [0.1, 0.15) is 10.1 Å². The zero-order chi connectivity index (χ0) is 5.98. The van der Waals surface area contributed by atoms with Gasteiger partial charge in [-0.3, -0.25) is 0 Å². The van der Waals surface area contributed by atoms with Crippen molar-refractivity contribution < 1.29 is 0 Å². The highest BCUT2D eigenvalue weighted by Crippen LogP contribution is 2.15. The lowest BCUT2D eigenvalue weighted by atomic mass is 10.9. The van der Waals surface area contributed by atoms with E-state index in [1.165, 1.54) is 11.3 Å². The van der Waals surface area contributed by atoms with Crippen molar-refractivity contribution in [3.63, 3.8) is 0 Å². The summed E-state index contributed by atoms with van der Waals surface area (Å²) in [6.45, 7) is 1.80. The Kier molecular flexibility index (Phi) is 1.18. The van der Waals surface area contributed by atoms with Gasteiger partial charge in [-0.25, -0.2) is 0 Å². The van der Waals surface area contributed by atoms with Gasteiger partial charge in [-0.15, -0.1) is 0 Å². The average Bonchev–Trinajstić information content (AvgIpc) is 2.14. The maximum absolute atomic E-state index is 8.08. The fourth-order valence-electron chi connectivity index (χ4n) is 0.327. The van der Waals surface area contributed by atoms with Crippen molar-refractivity contribution in [2.45, 2.75) is 6.92 Å². The Labute approximate surface area is 49.8 Å². The van der Waals surface area contributed by atoms with Gasteiger partial charge in [-0.2, -0.15) is 0 Å². The van der Waals surface area contributed by atoms with E-state index in [9.17, 15) is 0 Å². The van der Waals surface area contributed by atoms with Crippen LogP contribution in [-0.2, 0) is 0 Å². The molecule has 8 heavy (non-hydrogen) atoms. The van der Waals surface area contributed by atoms with Crippen molar-refractivity contribution in [2.24, 2.45) is 0 Å². The normalized spacial score (nSPS) is 8.50. The van der Waals surface area contributed by atoms with Crippen molar-refractivity contribution in [3.8, 4) is 0 Å². The molecule has 0 amide bonds. The molecule has 0 aromatic carbocycles. The first kappa shape index (κ1) is 5.12. The fourth-order valence-corrected chi connectivity index (χ4v) is 0.795. The summed E-state index contributed by atoms with van der Waals surface area (Å²) in [6, 6.07) is 0. The van der Waals surface area contributed by atoms with Crippen LogP contribution in [0.25, 0.3) is 4.98 Å². The third kappa shape index (κ3) is 0.792. The lowest BCUT2D eigenvalue weighted by Crippen LogP contribution is -1.65. The second kappa shape index (κ2) is 1.84. The first-order chi connectivity index (χ1) is 3.83. The summed E-state index contributed by atoms with van der Waals surface area (Å²) in [5, 5.41) is 16.3. The largest absolute Gasteiger partial charge is 0.548 e. The van der Waals surface area contributed by atoms with E-state index < -0.39 is 0 Å². The highest BCUT2D eigenvalue weighted by molar-refractivity contribution is 7.15. The maximum atomic E-state index is 8.08. The van der Waals surface area contributed by atoms with Crippen LogP contribution in [0.3, 0.4) is 0 Å². The minimum absolute atomic E-state index is 0.308. The Morgan fingerprint density at radius 3 is 2.62 bits per heavy atom. The van der Waals surface area contributed by atoms with Crippen molar-refractivity contribution in [3.05, 3.63) is 9.98 Å². The summed E-state index contributed by atoms with van der Waals surface area (Å²) in [6.07, 6.45) is 0. The molecule has 0 aliphatic heterocycles. The van der Waals surface area contributed by atoms with Crippen LogP contribution >= 0.6 is 11.3 Å². The van der Waals surface area contributed by atoms with Gasteiger partial charge in [0, 0.05) is 4.98 Å². The molecule has 0 radical (unpaired) electrons. The number of diazo groups is 1. The monoisotopic (exact) mass is 127 g/mol. The summed E-state index contributed by atoms with van der Waals surface area (Å²) in [5.74, 6) is 0. The number of aryl methyl sites for hydroxylation is 1. The zero-order valence-electron chi connectivity index (χ0n) is 4.20. The standard InChI is InChI=1S/C3H3N4S/c1-2-6-7-3(5-4)8-2/h1H3/q+1. The lowest BCUT2D eigenvalue weighted by molar-refractivity contribution is 1.06. The Bertz CT molecular complexity index is 221. The third-order valence-corrected chi connectivity index (χ3v) is 1.32. The Balaban J connectivity index is 3.05. The second-order valence-corrected chi connectivity index (χ2v) is 2.36. The van der Waals surface area contributed by atoms with E-state index in [-0.39, 0.29) is 0 Å². The van der Waals surface area contributed by atoms with Gasteiger partial charge in [0.05, 0.1) is 5.39 Å². The minimum atomic E-state index is 0.308. The number of rotatable bonds is 0. The van der Waals surface area contributed by atoms with Crippen LogP contribution in [-0.4, -0.2) is 10.2 Å². The van der Waals surface area contributed by atoms with Crippen molar-refractivity contribution in [1.82, 2.24) is 10.2 Å². The van der Waals surface area contributed by atoms with E-state index in [1.807, 2.05) is 0 Å². The second-order valence-electron chi connectivity index (χ2n) is 1.20. The summed E-state index contributed by atoms with van der Waals surface area (Å²) in [5.41, 5.74) is 0. The van der Waals surface area contributed by atoms with E-state index in [2.05, 4.69) is 15.2 Å². The van der Waals surface area contributed by atoms with Crippen LogP contribution < -0.4 is 0 Å². The number of aromatic nitrogens is 2. The molecule has 0 bridgehead atoms. The van der Waals surface area contributed by atoms with Crippen molar-refractivity contribution >= 4 is 16.5 Å². The molecular weight excluding hydrogens is 124 g/mol. The summed E-state index contributed by atoms with van der Waals surface area (Å²) in [4.78, 5) is 2.84. The maximum Gasteiger partial charge on any atom is 0.548 e. The molecule has 1 heterocycles. The summed E-state index contributed by atoms with van der Waals surface area (Å²) >= 11 is 1.25. The molecule has 1 rings (SSSR count). The predicted molar refractivity (Wildman–Crippen MR) is 29.4 cm³/mol. The van der Waals surface area contributed by atoms with Crippen LogP contribution in [0.2, 0.25) is 0 Å². The van der Waals surface area contributed by atoms with Gasteiger partial charge in [0.2, 0.25) is 0 Å². The van der Waals surface area contributed by atoms with Gasteiger partial charge in [-0.1, -0.05) is 0 Å². The summed E-state index contributed by atoms with van der Waals surface area (Å²) < 4.78 is 0. The van der Waals surface area contributed by atoms with Crippen LogP contribution in [0.1, 0.15) is 5.01 Å². The number of nitrogens with zero attached hydrogens (tertiary/aromatic N) is 4. The minimum Gasteiger partial charge on any atom is -0.0278 e. The number of hydrogen-bond donors (Lipinski definition) is 0. The van der Waals surface area contributed by atoms with Gasteiger partial charge in [-0.05, 0) is 23.4 Å². The molecule has 1 aromatic heterocycles. The topological polar surface area (TPSA) is 53.9 Å². The van der Waals surface area contributed by atoms with Crippen LogP contribution in [0.15, 0.2) is 0 Å². The quantitative estimate of drug-likeness (QED) is 0.494. The number of hydrogen-bond acceptors (Lipinski definition) is 4. The fraction of sp³-hybridized carbons (Fsp3) is 0.333. The molecular formula is C3H3N4S+. The molecule has 0 atom stereocenters. The molecule has 4 nitrogen and oxygen atoms in total. The van der Waals surface area contributed by atoms with E-state index in [0.29, 0.717) is 5.13 Å². The first-order valence-corrected chi connectivity index (χ1v) is 2.80. The van der Waals surface area contributed by atoms with E-state index >= 15 is 0 Å². The van der Waals surface area contributed by atoms with E-state index in [0.717, 1.165) is 5.01 Å². The molecule has 40 valence electrons. The Hall–Kier alpha value is -1.02. The van der Waals surface area contributed by atoms with Gasteiger partial charge < -0.3 is 0 Å². The van der Waals surface area contributed by atoms with E-state index in [1.54, 1.807) is 6.92 Å². The Morgan fingerprint density at radius 2 is 2.38 bits per heavy atom. The molecule has 0 fully saturated rings. The van der Waals surface area contributed by atoms with Crippen LogP contribution in [0.5, 0.6) is 0 Å². The van der Waals surface area contributed by atoms with Gasteiger partial charge in [0.15, 0.2) is 0 Å². The van der Waals surface area contributed by atoms with Crippen LogP contribution in [0.4, 0.5) is 5.13 Å². The molecule has 0 saturated heterocycles. The average molecular weight is 127 g/mol. The lowest BCUT2D eigenvalue weighted by Gasteiger charge is -1.56. The third-order valence-electron chi connectivity index (χ3n) is 0.601. The molecule has 0 spiro atoms. The molecule has 0 N–H and O–H groups in total. The van der Waals surface area contributed by atoms with Crippen LogP contribution in [0, 0.1) is 12.3 Å². The van der Waals surface area contributed by atoms with E-state index in [4.69, 9.17) is 5.39 Å². The highest BCUT2D eigenvalue weighted by atomic mass is 32.1. The first-order valence-electron chi connectivity index (χ1n) is 1.98. The molecule has 5 heteroatoms. The molecule has 0 aliphatic carbocycles. The highest BCUT2D eigenvalue weighted by Gasteiger charge is 2.09. The predicted octanol–water partition coefficient (Wildman–Crippen LogP) is 1.33. The molecule has 0 aliphatic rings. The van der Waals surface area contributed by atoms with Gasteiger partial charge >= 0.3 is 5.13 Å². The van der Waals surface area contributed by atoms with Crippen molar-refractivity contribution in [2.75, 3.05) is 0 Å². The molecule has 0 unspecified atom stereocenters. The molecule has 0 saturated carbocycles. The Morgan fingerprint density at radius 1 is 1.62 bits per heavy atom. The van der Waals surface area contributed by atoms with Crippen molar-refractivity contribution in [1.29, 1.82) is 5.39 Å². The van der Waals surface area contributed by atoms with Gasteiger partial charge in [0.25, 0.3) is 0 Å². The SMILES string of the molecule is Cc1nnc([N+]#N)s1. The molecule has 1 aromatic rings. The zero-order valence-corrected chi connectivity index (χ0v) is 5.01. The smallest absolute Gasteiger partial charge is 0.0278 e. The summed E-state index contributed by atoms with van der Waals surface area (Å²) in [7, 11) is 0.